The molecule has 1 aromatic carbocycles. The molecule has 1 rings (SSSR count). The molecule has 0 fully saturated rings. The van der Waals surface area contributed by atoms with Crippen LogP contribution in [0, 0.1) is 12.7 Å². The summed E-state index contributed by atoms with van der Waals surface area (Å²) >= 11 is 0. The van der Waals surface area contributed by atoms with Crippen LogP contribution in [0.5, 0.6) is 0 Å². The zero-order valence-electron chi connectivity index (χ0n) is 7.97. The van der Waals surface area contributed by atoms with Crippen LogP contribution < -0.4 is 5.73 Å². The maximum atomic E-state index is 13.1. The molecule has 0 unspecified atom stereocenters. The minimum absolute atomic E-state index is 0.168. The van der Waals surface area contributed by atoms with Crippen LogP contribution >= 0.6 is 0 Å². The highest BCUT2D eigenvalue weighted by atomic mass is 19.1. The molecule has 0 atom stereocenters. The van der Waals surface area contributed by atoms with Crippen molar-refractivity contribution in [2.45, 2.75) is 13.8 Å². The van der Waals surface area contributed by atoms with E-state index in [0.717, 1.165) is 11.1 Å². The summed E-state index contributed by atoms with van der Waals surface area (Å²) in [6, 6.07) is 5.18. The topological polar surface area (TPSA) is 26.0 Å². The van der Waals surface area contributed by atoms with E-state index >= 15 is 0 Å². The lowest BCUT2D eigenvalue weighted by molar-refractivity contribution is 0.618. The van der Waals surface area contributed by atoms with Crippen molar-refractivity contribution in [3.63, 3.8) is 0 Å². The molecule has 2 N–H and O–H groups in total. The van der Waals surface area contributed by atoms with Crippen molar-refractivity contribution >= 4 is 6.08 Å². The van der Waals surface area contributed by atoms with Crippen LogP contribution in [-0.4, -0.2) is 6.54 Å². The maximum Gasteiger partial charge on any atom is 0.126 e. The van der Waals surface area contributed by atoms with E-state index in [1.807, 2.05) is 19.1 Å². The van der Waals surface area contributed by atoms with E-state index in [1.54, 1.807) is 13.0 Å². The number of aryl methyl sites for hydroxylation is 1. The van der Waals surface area contributed by atoms with E-state index in [2.05, 4.69) is 0 Å². The van der Waals surface area contributed by atoms with Crippen LogP contribution in [0.4, 0.5) is 4.39 Å². The van der Waals surface area contributed by atoms with Crippen molar-refractivity contribution in [1.82, 2.24) is 0 Å². The predicted molar refractivity (Wildman–Crippen MR) is 53.8 cm³/mol. The smallest absolute Gasteiger partial charge is 0.126 e. The fourth-order valence-corrected chi connectivity index (χ4v) is 1.04. The third-order valence-corrected chi connectivity index (χ3v) is 1.93. The summed E-state index contributed by atoms with van der Waals surface area (Å²) in [7, 11) is 0. The second kappa shape index (κ2) is 4.19. The van der Waals surface area contributed by atoms with E-state index < -0.39 is 0 Å². The maximum absolute atomic E-state index is 13.1. The Morgan fingerprint density at radius 2 is 2.23 bits per heavy atom. The van der Waals surface area contributed by atoms with Gasteiger partial charge in [0.25, 0.3) is 0 Å². The molecule has 13 heavy (non-hydrogen) atoms. The summed E-state index contributed by atoms with van der Waals surface area (Å²) in [4.78, 5) is 0. The molecule has 0 aromatic heterocycles. The first kappa shape index (κ1) is 9.93. The molecule has 1 nitrogen and oxygen atoms in total. The highest BCUT2D eigenvalue weighted by molar-refractivity contribution is 5.53. The van der Waals surface area contributed by atoms with E-state index in [4.69, 9.17) is 5.73 Å². The lowest BCUT2D eigenvalue weighted by Crippen LogP contribution is -1.99. The molecular formula is C11H14FN. The normalized spacial score (nSPS) is 11.8. The SMILES string of the molecule is C/C(=C/c1ccc(C)c(F)c1)CN. The predicted octanol–water partition coefficient (Wildman–Crippen LogP) is 2.50. The lowest BCUT2D eigenvalue weighted by Gasteiger charge is -1.99. The first-order valence-electron chi connectivity index (χ1n) is 4.27. The van der Waals surface area contributed by atoms with Gasteiger partial charge in [-0.3, -0.25) is 0 Å². The summed E-state index contributed by atoms with van der Waals surface area (Å²) in [5.74, 6) is -0.168. The highest BCUT2D eigenvalue weighted by Gasteiger charge is 1.96. The van der Waals surface area contributed by atoms with E-state index in [0.29, 0.717) is 12.1 Å². The zero-order valence-corrected chi connectivity index (χ0v) is 7.97. The van der Waals surface area contributed by atoms with Gasteiger partial charge in [-0.2, -0.15) is 0 Å². The minimum Gasteiger partial charge on any atom is -0.327 e. The third kappa shape index (κ3) is 2.67. The van der Waals surface area contributed by atoms with Crippen LogP contribution in [0.2, 0.25) is 0 Å². The van der Waals surface area contributed by atoms with Crippen molar-refractivity contribution in [2.75, 3.05) is 6.54 Å². The monoisotopic (exact) mass is 179 g/mol. The van der Waals surface area contributed by atoms with Gasteiger partial charge in [0.05, 0.1) is 0 Å². The largest absolute Gasteiger partial charge is 0.327 e. The molecule has 0 amide bonds. The Balaban J connectivity index is 2.98. The molecule has 0 bridgehead atoms. The molecule has 0 aliphatic heterocycles. The summed E-state index contributed by atoms with van der Waals surface area (Å²) < 4.78 is 13.1. The van der Waals surface area contributed by atoms with Gasteiger partial charge < -0.3 is 5.73 Å². The summed E-state index contributed by atoms with van der Waals surface area (Å²) in [6.07, 6.45) is 1.89. The van der Waals surface area contributed by atoms with Gasteiger partial charge >= 0.3 is 0 Å². The number of hydrogen-bond acceptors (Lipinski definition) is 1. The molecule has 2 heteroatoms. The first-order chi connectivity index (χ1) is 6.13. The fourth-order valence-electron chi connectivity index (χ4n) is 1.04. The first-order valence-corrected chi connectivity index (χ1v) is 4.27. The molecule has 70 valence electrons. The van der Waals surface area contributed by atoms with Gasteiger partial charge in [0.15, 0.2) is 0 Å². The zero-order chi connectivity index (χ0) is 9.84. The summed E-state index contributed by atoms with van der Waals surface area (Å²) in [5.41, 5.74) is 8.01. The minimum atomic E-state index is -0.168. The van der Waals surface area contributed by atoms with Gasteiger partial charge in [0, 0.05) is 6.54 Å². The van der Waals surface area contributed by atoms with Crippen LogP contribution in [0.15, 0.2) is 23.8 Å². The Morgan fingerprint density at radius 3 is 2.77 bits per heavy atom. The number of rotatable bonds is 2. The second-order valence-corrected chi connectivity index (χ2v) is 3.20. The second-order valence-electron chi connectivity index (χ2n) is 3.20. The average Bonchev–Trinajstić information content (AvgIpc) is 2.11. The molecule has 0 saturated heterocycles. The number of benzene rings is 1. The third-order valence-electron chi connectivity index (χ3n) is 1.93. The standard InChI is InChI=1S/C11H14FN/c1-8(7-13)5-10-4-3-9(2)11(12)6-10/h3-6H,7,13H2,1-2H3/b8-5-. The van der Waals surface area contributed by atoms with Gasteiger partial charge in [-0.25, -0.2) is 4.39 Å². The van der Waals surface area contributed by atoms with Crippen molar-refractivity contribution in [1.29, 1.82) is 0 Å². The van der Waals surface area contributed by atoms with Crippen molar-refractivity contribution in [2.24, 2.45) is 5.73 Å². The van der Waals surface area contributed by atoms with Gasteiger partial charge in [-0.15, -0.1) is 0 Å². The number of nitrogens with two attached hydrogens (primary N) is 1. The summed E-state index contributed by atoms with van der Waals surface area (Å²) in [6.45, 7) is 4.19. The van der Waals surface area contributed by atoms with E-state index in [1.165, 1.54) is 6.07 Å². The Bertz CT molecular complexity index is 329. The van der Waals surface area contributed by atoms with Gasteiger partial charge in [-0.1, -0.05) is 23.8 Å². The molecule has 0 aliphatic carbocycles. The number of hydrogen-bond donors (Lipinski definition) is 1. The number of halogens is 1. The van der Waals surface area contributed by atoms with Crippen LogP contribution in [0.3, 0.4) is 0 Å². The molecule has 0 radical (unpaired) electrons. The van der Waals surface area contributed by atoms with E-state index in [9.17, 15) is 4.39 Å². The van der Waals surface area contributed by atoms with Gasteiger partial charge in [0.2, 0.25) is 0 Å². The molecule has 0 heterocycles. The molecule has 0 aliphatic rings. The Hall–Kier alpha value is -1.15. The van der Waals surface area contributed by atoms with Crippen LogP contribution in [-0.2, 0) is 0 Å². The Kier molecular flexibility index (Phi) is 3.20. The molecule has 0 saturated carbocycles. The molecule has 1 aromatic rings. The fraction of sp³-hybridized carbons (Fsp3) is 0.273. The molecular weight excluding hydrogens is 165 g/mol. The van der Waals surface area contributed by atoms with Gasteiger partial charge in [-0.05, 0) is 31.0 Å². The summed E-state index contributed by atoms with van der Waals surface area (Å²) in [5, 5.41) is 0. The molecule has 0 spiro atoms. The van der Waals surface area contributed by atoms with Crippen molar-refractivity contribution in [3.8, 4) is 0 Å². The van der Waals surface area contributed by atoms with Crippen molar-refractivity contribution in [3.05, 3.63) is 40.7 Å². The lowest BCUT2D eigenvalue weighted by atomic mass is 10.1. The Labute approximate surface area is 78.1 Å². The van der Waals surface area contributed by atoms with E-state index in [-0.39, 0.29) is 5.82 Å². The quantitative estimate of drug-likeness (QED) is 0.741. The van der Waals surface area contributed by atoms with Gasteiger partial charge in [0.1, 0.15) is 5.82 Å². The van der Waals surface area contributed by atoms with Crippen LogP contribution in [0.1, 0.15) is 18.1 Å². The van der Waals surface area contributed by atoms with Crippen molar-refractivity contribution < 1.29 is 4.39 Å². The average molecular weight is 179 g/mol. The Morgan fingerprint density at radius 1 is 1.54 bits per heavy atom. The highest BCUT2D eigenvalue weighted by Crippen LogP contribution is 2.11. The van der Waals surface area contributed by atoms with Crippen LogP contribution in [0.25, 0.3) is 6.08 Å².